The number of rotatable bonds is 5. The summed E-state index contributed by atoms with van der Waals surface area (Å²) in [4.78, 5) is 21.8. The molecule has 0 bridgehead atoms. The smallest absolute Gasteiger partial charge is 0.282 e. The van der Waals surface area contributed by atoms with Crippen LogP contribution in [0.25, 0.3) is 0 Å². The van der Waals surface area contributed by atoms with Gasteiger partial charge in [0.2, 0.25) is 0 Å². The van der Waals surface area contributed by atoms with Gasteiger partial charge in [0.05, 0.1) is 4.92 Å². The minimum atomic E-state index is -0.612. The first-order valence-corrected chi connectivity index (χ1v) is 5.27. The third-order valence-electron chi connectivity index (χ3n) is 2.03. The molecule has 0 saturated carbocycles. The van der Waals surface area contributed by atoms with Crippen LogP contribution in [-0.2, 0) is 0 Å². The monoisotopic (exact) mass is 254 g/mol. The van der Waals surface area contributed by atoms with Gasteiger partial charge in [0.25, 0.3) is 11.6 Å². The zero-order chi connectivity index (χ0) is 12.8. The van der Waals surface area contributed by atoms with Gasteiger partial charge in [0, 0.05) is 17.6 Å². The number of nitro benzene ring substituents is 1. The molecular weight excluding hydrogens is 244 g/mol. The second-order valence-corrected chi connectivity index (χ2v) is 3.69. The van der Waals surface area contributed by atoms with Crippen molar-refractivity contribution in [3.8, 4) is 0 Å². The molecule has 0 aliphatic rings. The lowest BCUT2D eigenvalue weighted by Gasteiger charge is -2.04. The topological polar surface area (TPSA) is 72.2 Å². The third kappa shape index (κ3) is 3.57. The Morgan fingerprint density at radius 3 is 2.88 bits per heavy atom. The van der Waals surface area contributed by atoms with Gasteiger partial charge in [-0.25, -0.2) is 0 Å². The van der Waals surface area contributed by atoms with E-state index in [0.717, 1.165) is 0 Å². The lowest BCUT2D eigenvalue weighted by Crippen LogP contribution is -2.24. The van der Waals surface area contributed by atoms with E-state index < -0.39 is 10.8 Å². The van der Waals surface area contributed by atoms with E-state index in [1.807, 2.05) is 0 Å². The molecule has 1 aromatic carbocycles. The standard InChI is InChI=1S/C11H11ClN2O3/c1-2-3-6-13-11(15)9-7-8(12)4-5-10(9)14(16)17/h2,4-5,7H,1,3,6H2,(H,13,15). The first-order chi connectivity index (χ1) is 8.06. The third-order valence-corrected chi connectivity index (χ3v) is 2.27. The Balaban J connectivity index is 2.94. The Hall–Kier alpha value is -1.88. The molecule has 0 unspecified atom stereocenters. The molecule has 1 aromatic rings. The van der Waals surface area contributed by atoms with E-state index in [9.17, 15) is 14.9 Å². The summed E-state index contributed by atoms with van der Waals surface area (Å²) in [5.41, 5.74) is -0.294. The van der Waals surface area contributed by atoms with Crippen LogP contribution >= 0.6 is 11.6 Å². The van der Waals surface area contributed by atoms with E-state index in [0.29, 0.717) is 13.0 Å². The normalized spacial score (nSPS) is 9.71. The molecule has 0 radical (unpaired) electrons. The van der Waals surface area contributed by atoms with Crippen molar-refractivity contribution < 1.29 is 9.72 Å². The Bertz CT molecular complexity index is 460. The van der Waals surface area contributed by atoms with Crippen molar-refractivity contribution in [2.24, 2.45) is 0 Å². The number of nitrogens with one attached hydrogen (secondary N) is 1. The molecule has 90 valence electrons. The number of amides is 1. The largest absolute Gasteiger partial charge is 0.352 e. The fraction of sp³-hybridized carbons (Fsp3) is 0.182. The summed E-state index contributed by atoms with van der Waals surface area (Å²) in [6, 6.07) is 3.87. The molecule has 0 aliphatic heterocycles. The molecule has 0 aromatic heterocycles. The Morgan fingerprint density at radius 1 is 1.59 bits per heavy atom. The van der Waals surface area contributed by atoms with E-state index in [2.05, 4.69) is 11.9 Å². The van der Waals surface area contributed by atoms with Crippen LogP contribution in [0.2, 0.25) is 5.02 Å². The predicted molar refractivity (Wildman–Crippen MR) is 65.3 cm³/mol. The number of carbonyl (C=O) groups is 1. The van der Waals surface area contributed by atoms with Crippen molar-refractivity contribution in [3.63, 3.8) is 0 Å². The van der Waals surface area contributed by atoms with Crippen LogP contribution in [0.5, 0.6) is 0 Å². The van der Waals surface area contributed by atoms with Crippen molar-refractivity contribution in [1.29, 1.82) is 0 Å². The van der Waals surface area contributed by atoms with Crippen LogP contribution < -0.4 is 5.32 Å². The van der Waals surface area contributed by atoms with Gasteiger partial charge >= 0.3 is 0 Å². The van der Waals surface area contributed by atoms with Gasteiger partial charge in [0.15, 0.2) is 0 Å². The fourth-order valence-electron chi connectivity index (χ4n) is 1.23. The van der Waals surface area contributed by atoms with Gasteiger partial charge in [-0.1, -0.05) is 17.7 Å². The van der Waals surface area contributed by atoms with Gasteiger partial charge in [-0.2, -0.15) is 0 Å². The Labute approximate surface area is 103 Å². The molecule has 1 N–H and O–H groups in total. The molecule has 0 atom stereocenters. The second kappa shape index (κ2) is 6.00. The van der Waals surface area contributed by atoms with Gasteiger partial charge < -0.3 is 5.32 Å². The summed E-state index contributed by atoms with van der Waals surface area (Å²) in [7, 11) is 0. The maximum atomic E-state index is 11.7. The van der Waals surface area contributed by atoms with E-state index in [-0.39, 0.29) is 16.3 Å². The number of benzene rings is 1. The van der Waals surface area contributed by atoms with Crippen LogP contribution in [-0.4, -0.2) is 17.4 Å². The highest BCUT2D eigenvalue weighted by atomic mass is 35.5. The van der Waals surface area contributed by atoms with Gasteiger partial charge in [0.1, 0.15) is 5.56 Å². The highest BCUT2D eigenvalue weighted by Gasteiger charge is 2.19. The molecule has 0 spiro atoms. The summed E-state index contributed by atoms with van der Waals surface area (Å²) in [5, 5.41) is 13.6. The predicted octanol–water partition coefficient (Wildman–Crippen LogP) is 2.55. The first-order valence-electron chi connectivity index (χ1n) is 4.89. The van der Waals surface area contributed by atoms with E-state index in [1.165, 1.54) is 18.2 Å². The molecule has 0 fully saturated rings. The Kier molecular flexibility index (Phi) is 4.66. The van der Waals surface area contributed by atoms with Crippen molar-refractivity contribution >= 4 is 23.2 Å². The van der Waals surface area contributed by atoms with Gasteiger partial charge in [-0.05, 0) is 18.6 Å². The van der Waals surface area contributed by atoms with Crippen molar-refractivity contribution in [2.75, 3.05) is 6.54 Å². The van der Waals surface area contributed by atoms with E-state index >= 15 is 0 Å². The molecule has 1 rings (SSSR count). The summed E-state index contributed by atoms with van der Waals surface area (Å²) < 4.78 is 0. The summed E-state index contributed by atoms with van der Waals surface area (Å²) >= 11 is 5.71. The van der Waals surface area contributed by atoms with Crippen molar-refractivity contribution in [1.82, 2.24) is 5.32 Å². The lowest BCUT2D eigenvalue weighted by molar-refractivity contribution is -0.385. The zero-order valence-corrected chi connectivity index (χ0v) is 9.74. The molecule has 0 heterocycles. The van der Waals surface area contributed by atoms with Crippen LogP contribution in [0.1, 0.15) is 16.8 Å². The quantitative estimate of drug-likeness (QED) is 0.380. The highest BCUT2D eigenvalue weighted by molar-refractivity contribution is 6.31. The number of hydrogen-bond donors (Lipinski definition) is 1. The summed E-state index contributed by atoms with van der Waals surface area (Å²) in [6.45, 7) is 3.89. The lowest BCUT2D eigenvalue weighted by atomic mass is 10.1. The number of nitro groups is 1. The van der Waals surface area contributed by atoms with Crippen molar-refractivity contribution in [3.05, 3.63) is 51.6 Å². The number of halogens is 1. The molecule has 17 heavy (non-hydrogen) atoms. The van der Waals surface area contributed by atoms with Crippen LogP contribution in [0.4, 0.5) is 5.69 Å². The molecule has 0 aliphatic carbocycles. The number of hydrogen-bond acceptors (Lipinski definition) is 3. The van der Waals surface area contributed by atoms with Crippen LogP contribution in [0.15, 0.2) is 30.9 Å². The molecular formula is C11H11ClN2O3. The van der Waals surface area contributed by atoms with Gasteiger partial charge in [-0.15, -0.1) is 6.58 Å². The minimum Gasteiger partial charge on any atom is -0.352 e. The molecule has 6 heteroatoms. The first kappa shape index (κ1) is 13.2. The van der Waals surface area contributed by atoms with Crippen LogP contribution in [0.3, 0.4) is 0 Å². The van der Waals surface area contributed by atoms with Gasteiger partial charge in [-0.3, -0.25) is 14.9 Å². The van der Waals surface area contributed by atoms with Crippen molar-refractivity contribution in [2.45, 2.75) is 6.42 Å². The number of nitrogens with zero attached hydrogens (tertiary/aromatic N) is 1. The minimum absolute atomic E-state index is 0.0356. The molecule has 5 nitrogen and oxygen atoms in total. The average molecular weight is 255 g/mol. The number of carbonyl (C=O) groups excluding carboxylic acids is 1. The second-order valence-electron chi connectivity index (χ2n) is 3.25. The fourth-order valence-corrected chi connectivity index (χ4v) is 1.40. The average Bonchev–Trinajstić information content (AvgIpc) is 2.28. The highest BCUT2D eigenvalue weighted by Crippen LogP contribution is 2.22. The Morgan fingerprint density at radius 2 is 2.29 bits per heavy atom. The molecule has 1 amide bonds. The van der Waals surface area contributed by atoms with Crippen LogP contribution in [0, 0.1) is 10.1 Å². The van der Waals surface area contributed by atoms with E-state index in [1.54, 1.807) is 6.08 Å². The SMILES string of the molecule is C=CCCNC(=O)c1cc(Cl)ccc1[N+](=O)[O-]. The summed E-state index contributed by atoms with van der Waals surface area (Å²) in [6.07, 6.45) is 2.24. The maximum Gasteiger partial charge on any atom is 0.282 e. The summed E-state index contributed by atoms with van der Waals surface area (Å²) in [5.74, 6) is -0.513. The van der Waals surface area contributed by atoms with E-state index in [4.69, 9.17) is 11.6 Å². The molecule has 0 saturated heterocycles. The zero-order valence-electron chi connectivity index (χ0n) is 8.98. The maximum absolute atomic E-state index is 11.7.